The maximum atomic E-state index is 12.0. The number of methoxy groups -OCH3 is 1. The Hall–Kier alpha value is -0.650. The third kappa shape index (κ3) is 3.66. The van der Waals surface area contributed by atoms with Crippen molar-refractivity contribution in [3.63, 3.8) is 0 Å². The third-order valence-electron chi connectivity index (χ3n) is 3.26. The van der Waals surface area contributed by atoms with Crippen LogP contribution in [-0.4, -0.2) is 50.5 Å². The summed E-state index contributed by atoms with van der Waals surface area (Å²) in [5, 5.41) is 6.08. The summed E-state index contributed by atoms with van der Waals surface area (Å²) >= 11 is 0. The van der Waals surface area contributed by atoms with Crippen LogP contribution in [0.1, 0.15) is 27.2 Å². The fourth-order valence-electron chi connectivity index (χ4n) is 1.95. The first-order chi connectivity index (χ1) is 7.96. The van der Waals surface area contributed by atoms with Gasteiger partial charge in [0.15, 0.2) is 0 Å². The van der Waals surface area contributed by atoms with Gasteiger partial charge >= 0.3 is 0 Å². The van der Waals surface area contributed by atoms with E-state index in [2.05, 4.69) is 10.6 Å². The lowest BCUT2D eigenvalue weighted by atomic mass is 10.0. The number of hydrogen-bond acceptors (Lipinski definition) is 4. The minimum Gasteiger partial charge on any atom is -0.378 e. The highest BCUT2D eigenvalue weighted by molar-refractivity contribution is 5.85. The van der Waals surface area contributed by atoms with Crippen LogP contribution in [0.25, 0.3) is 0 Å². The second kappa shape index (κ2) is 5.80. The van der Waals surface area contributed by atoms with E-state index in [-0.39, 0.29) is 11.5 Å². The number of likely N-dealkylation sites (N-methyl/N-ethyl adjacent to an activating group) is 1. The van der Waals surface area contributed by atoms with Gasteiger partial charge in [-0.25, -0.2) is 0 Å². The second-order valence-electron chi connectivity index (χ2n) is 5.03. The number of carbonyl (C=O) groups is 1. The number of hydrogen-bond donors (Lipinski definition) is 2. The molecule has 0 radical (unpaired) electrons. The molecule has 0 aromatic carbocycles. The molecular weight excluding hydrogens is 220 g/mol. The van der Waals surface area contributed by atoms with Crippen molar-refractivity contribution >= 4 is 5.91 Å². The van der Waals surface area contributed by atoms with E-state index in [0.717, 1.165) is 13.0 Å². The minimum atomic E-state index is -0.552. The molecule has 1 rings (SSSR count). The van der Waals surface area contributed by atoms with E-state index in [1.807, 2.05) is 20.8 Å². The Morgan fingerprint density at radius 3 is 2.71 bits per heavy atom. The molecule has 0 saturated carbocycles. The molecule has 17 heavy (non-hydrogen) atoms. The highest BCUT2D eigenvalue weighted by Crippen LogP contribution is 2.21. The van der Waals surface area contributed by atoms with Crippen LogP contribution >= 0.6 is 0 Å². The van der Waals surface area contributed by atoms with Crippen molar-refractivity contribution in [2.45, 2.75) is 38.3 Å². The van der Waals surface area contributed by atoms with Crippen LogP contribution in [0.2, 0.25) is 0 Å². The predicted octanol–water partition coefficient (Wildman–Crippen LogP) is 0.296. The largest absolute Gasteiger partial charge is 0.378 e. The summed E-state index contributed by atoms with van der Waals surface area (Å²) in [4.78, 5) is 12.0. The standard InChI is InChI=1S/C12H24N2O3/c1-5-14-11(2,3)10(15)13-8-12(16-4)6-7-17-9-12/h14H,5-9H2,1-4H3,(H,13,15). The van der Waals surface area contributed by atoms with Gasteiger partial charge in [0, 0.05) is 26.7 Å². The normalized spacial score (nSPS) is 24.9. The number of amides is 1. The first-order valence-electron chi connectivity index (χ1n) is 6.12. The zero-order valence-electron chi connectivity index (χ0n) is 11.3. The lowest BCUT2D eigenvalue weighted by molar-refractivity contribution is -0.128. The molecule has 1 saturated heterocycles. The maximum absolute atomic E-state index is 12.0. The monoisotopic (exact) mass is 244 g/mol. The van der Waals surface area contributed by atoms with E-state index in [1.165, 1.54) is 0 Å². The van der Waals surface area contributed by atoms with Gasteiger partial charge in [0.25, 0.3) is 0 Å². The highest BCUT2D eigenvalue weighted by Gasteiger charge is 2.36. The van der Waals surface area contributed by atoms with Crippen LogP contribution in [0.15, 0.2) is 0 Å². The third-order valence-corrected chi connectivity index (χ3v) is 3.26. The van der Waals surface area contributed by atoms with Crippen LogP contribution in [0.4, 0.5) is 0 Å². The zero-order chi connectivity index (χ0) is 12.9. The molecule has 1 unspecified atom stereocenters. The van der Waals surface area contributed by atoms with Crippen LogP contribution in [0.3, 0.4) is 0 Å². The van der Waals surface area contributed by atoms with E-state index < -0.39 is 5.54 Å². The molecule has 100 valence electrons. The highest BCUT2D eigenvalue weighted by atomic mass is 16.5. The molecule has 5 heteroatoms. The molecule has 1 aliphatic rings. The molecule has 0 bridgehead atoms. The summed E-state index contributed by atoms with van der Waals surface area (Å²) in [6.45, 7) is 8.23. The predicted molar refractivity (Wildman–Crippen MR) is 65.9 cm³/mol. The summed E-state index contributed by atoms with van der Waals surface area (Å²) in [6, 6.07) is 0. The van der Waals surface area contributed by atoms with Gasteiger partial charge in [-0.3, -0.25) is 4.79 Å². The Bertz CT molecular complexity index is 260. The second-order valence-corrected chi connectivity index (χ2v) is 5.03. The summed E-state index contributed by atoms with van der Waals surface area (Å²) in [5.41, 5.74) is -0.902. The van der Waals surface area contributed by atoms with Crippen molar-refractivity contribution in [1.29, 1.82) is 0 Å². The van der Waals surface area contributed by atoms with Crippen LogP contribution in [-0.2, 0) is 14.3 Å². The summed E-state index contributed by atoms with van der Waals surface area (Å²) < 4.78 is 10.8. The fourth-order valence-corrected chi connectivity index (χ4v) is 1.95. The first kappa shape index (κ1) is 14.4. The lowest BCUT2D eigenvalue weighted by Crippen LogP contribution is -2.56. The topological polar surface area (TPSA) is 59.6 Å². The van der Waals surface area contributed by atoms with Crippen molar-refractivity contribution in [1.82, 2.24) is 10.6 Å². The van der Waals surface area contributed by atoms with Crippen molar-refractivity contribution < 1.29 is 14.3 Å². The van der Waals surface area contributed by atoms with Crippen molar-refractivity contribution in [3.05, 3.63) is 0 Å². The van der Waals surface area contributed by atoms with Gasteiger partial charge in [0.2, 0.25) is 5.91 Å². The minimum absolute atomic E-state index is 0.0114. The van der Waals surface area contributed by atoms with Gasteiger partial charge in [-0.15, -0.1) is 0 Å². The fraction of sp³-hybridized carbons (Fsp3) is 0.917. The van der Waals surface area contributed by atoms with Gasteiger partial charge < -0.3 is 20.1 Å². The van der Waals surface area contributed by atoms with E-state index in [1.54, 1.807) is 7.11 Å². The Kier molecular flexibility index (Phi) is 4.91. The summed E-state index contributed by atoms with van der Waals surface area (Å²) in [6.07, 6.45) is 0.825. The van der Waals surface area contributed by atoms with E-state index >= 15 is 0 Å². The number of rotatable bonds is 6. The average molecular weight is 244 g/mol. The number of carbonyl (C=O) groups excluding carboxylic acids is 1. The molecule has 1 fully saturated rings. The van der Waals surface area contributed by atoms with Gasteiger partial charge in [0.1, 0.15) is 5.60 Å². The Labute approximate surface area is 103 Å². The SMILES string of the molecule is CCNC(C)(C)C(=O)NCC1(OC)CCOC1. The molecule has 2 N–H and O–H groups in total. The molecular formula is C12H24N2O3. The van der Waals surface area contributed by atoms with Crippen LogP contribution in [0, 0.1) is 0 Å². The lowest BCUT2D eigenvalue weighted by Gasteiger charge is -2.29. The van der Waals surface area contributed by atoms with Crippen molar-refractivity contribution in [3.8, 4) is 0 Å². The molecule has 0 aliphatic carbocycles. The van der Waals surface area contributed by atoms with E-state index in [9.17, 15) is 4.79 Å². The molecule has 1 amide bonds. The zero-order valence-corrected chi connectivity index (χ0v) is 11.3. The van der Waals surface area contributed by atoms with Gasteiger partial charge in [-0.2, -0.15) is 0 Å². The Balaban J connectivity index is 2.46. The molecule has 1 atom stereocenters. The Morgan fingerprint density at radius 2 is 2.24 bits per heavy atom. The molecule has 0 aromatic heterocycles. The van der Waals surface area contributed by atoms with Crippen LogP contribution < -0.4 is 10.6 Å². The molecule has 1 aliphatic heterocycles. The van der Waals surface area contributed by atoms with Crippen molar-refractivity contribution in [2.24, 2.45) is 0 Å². The van der Waals surface area contributed by atoms with Gasteiger partial charge in [-0.1, -0.05) is 6.92 Å². The molecule has 0 aromatic rings. The van der Waals surface area contributed by atoms with Crippen molar-refractivity contribution in [2.75, 3.05) is 33.4 Å². The molecule has 0 spiro atoms. The smallest absolute Gasteiger partial charge is 0.239 e. The van der Waals surface area contributed by atoms with E-state index in [0.29, 0.717) is 19.8 Å². The quantitative estimate of drug-likeness (QED) is 0.705. The number of ether oxygens (including phenoxy) is 2. The molecule has 1 heterocycles. The Morgan fingerprint density at radius 1 is 1.53 bits per heavy atom. The van der Waals surface area contributed by atoms with Gasteiger partial charge in [0.05, 0.1) is 12.1 Å². The summed E-state index contributed by atoms with van der Waals surface area (Å²) in [7, 11) is 1.66. The van der Waals surface area contributed by atoms with Crippen LogP contribution in [0.5, 0.6) is 0 Å². The van der Waals surface area contributed by atoms with E-state index in [4.69, 9.17) is 9.47 Å². The number of nitrogens with one attached hydrogen (secondary N) is 2. The van der Waals surface area contributed by atoms with Gasteiger partial charge in [-0.05, 0) is 20.4 Å². The maximum Gasteiger partial charge on any atom is 0.239 e. The first-order valence-corrected chi connectivity index (χ1v) is 6.12. The summed E-state index contributed by atoms with van der Waals surface area (Å²) in [5.74, 6) is -0.0114. The average Bonchev–Trinajstić information content (AvgIpc) is 2.75. The molecule has 5 nitrogen and oxygen atoms in total.